The standard InChI is InChI=1S/C47H70F2N6O10/c1-4-30(2)41(45(62)53-38(29-56)43(50)60)55-46(63)42(31(3)57)54-40(59)23-19-14-12-10-8-6-5-7-9-11-13-18-22-39(58)51-36(28-33-24-25-34(48)35(49)26-33)44(61)52-37(47(64)65)27-32-20-16-15-17-21-32/h15-17,20-21,24-26,30-31,36-38,41-42,56-57H,4-14,18-19,22-23,27-29H2,1-3H3,(H2,50,60)(H,51,58)(H,52,61)(H,53,62)(H,54,59)(H,55,63)(H,64,65)/t30?,31?,36-,37-,38?,41+,42-/m0/s1. The minimum atomic E-state index is -1.34. The predicted molar refractivity (Wildman–Crippen MR) is 240 cm³/mol. The summed E-state index contributed by atoms with van der Waals surface area (Å²) < 4.78 is 27.5. The zero-order valence-corrected chi connectivity index (χ0v) is 37.9. The Morgan fingerprint density at radius 3 is 1.55 bits per heavy atom. The highest BCUT2D eigenvalue weighted by atomic mass is 19.2. The Bertz CT molecular complexity index is 1820. The number of halogens is 2. The molecule has 3 unspecified atom stereocenters. The molecule has 0 spiro atoms. The number of carboxylic acid groups (broad SMARTS) is 1. The van der Waals surface area contributed by atoms with E-state index in [0.717, 1.165) is 76.3 Å². The van der Waals surface area contributed by atoms with Crippen LogP contribution in [0.1, 0.15) is 128 Å². The van der Waals surface area contributed by atoms with Crippen LogP contribution in [-0.4, -0.2) is 99.7 Å². The van der Waals surface area contributed by atoms with Crippen LogP contribution in [0.15, 0.2) is 48.5 Å². The van der Waals surface area contributed by atoms with E-state index < -0.39 is 96.0 Å². The minimum Gasteiger partial charge on any atom is -0.480 e. The topological polar surface area (TPSA) is 266 Å². The van der Waals surface area contributed by atoms with E-state index in [9.17, 15) is 57.7 Å². The molecule has 2 aromatic rings. The zero-order valence-electron chi connectivity index (χ0n) is 37.9. The van der Waals surface area contributed by atoms with E-state index in [4.69, 9.17) is 5.73 Å². The Balaban J connectivity index is 1.66. The predicted octanol–water partition coefficient (Wildman–Crippen LogP) is 3.62. The second-order valence-electron chi connectivity index (χ2n) is 16.7. The highest BCUT2D eigenvalue weighted by Gasteiger charge is 2.33. The van der Waals surface area contributed by atoms with Crippen molar-refractivity contribution in [3.05, 3.63) is 71.3 Å². The lowest BCUT2D eigenvalue weighted by atomic mass is 9.97. The van der Waals surface area contributed by atoms with E-state index in [1.165, 1.54) is 13.0 Å². The average Bonchev–Trinajstić information content (AvgIpc) is 3.26. The van der Waals surface area contributed by atoms with Crippen molar-refractivity contribution >= 4 is 41.4 Å². The lowest BCUT2D eigenvalue weighted by Gasteiger charge is -2.28. The van der Waals surface area contributed by atoms with Gasteiger partial charge in [0.15, 0.2) is 11.6 Å². The molecular weight excluding hydrogens is 847 g/mol. The number of nitrogens with one attached hydrogen (secondary N) is 5. The number of aliphatic carboxylic acids is 1. The lowest BCUT2D eigenvalue weighted by molar-refractivity contribution is -0.142. The fourth-order valence-electron chi connectivity index (χ4n) is 7.10. The number of hydrogen-bond donors (Lipinski definition) is 9. The zero-order chi connectivity index (χ0) is 48.3. The normalized spacial score (nSPS) is 14.4. The molecular formula is C47H70F2N6O10. The summed E-state index contributed by atoms with van der Waals surface area (Å²) in [6, 6.07) is 5.68. The van der Waals surface area contributed by atoms with Crippen LogP contribution in [0.25, 0.3) is 0 Å². The molecule has 0 aliphatic carbocycles. The molecule has 0 aliphatic heterocycles. The van der Waals surface area contributed by atoms with Gasteiger partial charge in [-0.15, -0.1) is 0 Å². The van der Waals surface area contributed by atoms with E-state index in [1.54, 1.807) is 44.2 Å². The molecule has 2 rings (SSSR count). The van der Waals surface area contributed by atoms with Crippen molar-refractivity contribution in [2.75, 3.05) is 6.61 Å². The van der Waals surface area contributed by atoms with E-state index >= 15 is 0 Å². The third-order valence-electron chi connectivity index (χ3n) is 11.2. The molecule has 16 nitrogen and oxygen atoms in total. The molecule has 7 atom stereocenters. The average molecular weight is 917 g/mol. The molecule has 6 amide bonds. The number of benzene rings is 2. The van der Waals surface area contributed by atoms with Crippen LogP contribution in [-0.2, 0) is 46.4 Å². The molecule has 0 saturated heterocycles. The van der Waals surface area contributed by atoms with Gasteiger partial charge in [-0.3, -0.25) is 28.8 Å². The van der Waals surface area contributed by atoms with Crippen LogP contribution in [0, 0.1) is 17.6 Å². The molecule has 18 heteroatoms. The van der Waals surface area contributed by atoms with Crippen LogP contribution in [0.3, 0.4) is 0 Å². The van der Waals surface area contributed by atoms with Gasteiger partial charge in [-0.1, -0.05) is 121 Å². The lowest BCUT2D eigenvalue weighted by Crippen LogP contribution is -2.60. The monoisotopic (exact) mass is 917 g/mol. The second kappa shape index (κ2) is 30.6. The van der Waals surface area contributed by atoms with Gasteiger partial charge in [0.1, 0.15) is 30.2 Å². The summed E-state index contributed by atoms with van der Waals surface area (Å²) in [5.74, 6) is -7.80. The first-order chi connectivity index (χ1) is 31.0. The first-order valence-electron chi connectivity index (χ1n) is 22.8. The SMILES string of the molecule is CCC(C)[C@@H](NC(=O)[C@@H](NC(=O)CCCCCCCCCCCCCCC(=O)N[C@@H](Cc1ccc(F)c(F)c1)C(=O)N[C@@H](Cc1ccccc1)C(=O)O)C(C)O)C(=O)NC(CO)C(N)=O. The van der Waals surface area contributed by atoms with Gasteiger partial charge in [0.25, 0.3) is 0 Å². The number of carbonyl (C=O) groups is 7. The molecule has 0 fully saturated rings. The maximum absolute atomic E-state index is 14.0. The van der Waals surface area contributed by atoms with Crippen molar-refractivity contribution in [3.63, 3.8) is 0 Å². The van der Waals surface area contributed by atoms with Gasteiger partial charge in [-0.25, -0.2) is 13.6 Å². The number of amides is 6. The third kappa shape index (κ3) is 21.8. The summed E-state index contributed by atoms with van der Waals surface area (Å²) in [6.07, 6.45) is 10.2. The number of rotatable bonds is 33. The molecule has 2 aromatic carbocycles. The molecule has 0 heterocycles. The maximum Gasteiger partial charge on any atom is 0.326 e. The molecule has 10 N–H and O–H groups in total. The molecule has 0 aliphatic rings. The maximum atomic E-state index is 14.0. The van der Waals surface area contributed by atoms with Gasteiger partial charge in [0.05, 0.1) is 12.7 Å². The largest absolute Gasteiger partial charge is 0.480 e. The quantitative estimate of drug-likeness (QED) is 0.0470. The van der Waals surface area contributed by atoms with Crippen molar-refractivity contribution < 1.29 is 57.7 Å². The molecule has 362 valence electrons. The van der Waals surface area contributed by atoms with Crippen molar-refractivity contribution in [2.45, 2.75) is 166 Å². The molecule has 0 radical (unpaired) electrons. The van der Waals surface area contributed by atoms with Crippen LogP contribution in [0.5, 0.6) is 0 Å². The minimum absolute atomic E-state index is 0.0131. The van der Waals surface area contributed by atoms with Gasteiger partial charge < -0.3 is 47.6 Å². The summed E-state index contributed by atoms with van der Waals surface area (Å²) >= 11 is 0. The van der Waals surface area contributed by atoms with Gasteiger partial charge in [0, 0.05) is 25.7 Å². The van der Waals surface area contributed by atoms with Crippen molar-refractivity contribution in [1.29, 1.82) is 0 Å². The van der Waals surface area contributed by atoms with Crippen LogP contribution in [0.4, 0.5) is 8.78 Å². The van der Waals surface area contributed by atoms with E-state index in [1.807, 2.05) is 0 Å². The van der Waals surface area contributed by atoms with Crippen LogP contribution in [0.2, 0.25) is 0 Å². The van der Waals surface area contributed by atoms with Gasteiger partial charge >= 0.3 is 5.97 Å². The second-order valence-corrected chi connectivity index (χ2v) is 16.7. The van der Waals surface area contributed by atoms with Crippen molar-refractivity contribution in [1.82, 2.24) is 26.6 Å². The van der Waals surface area contributed by atoms with Crippen molar-refractivity contribution in [2.24, 2.45) is 11.7 Å². The number of unbranched alkanes of at least 4 members (excludes halogenated alkanes) is 11. The van der Waals surface area contributed by atoms with Gasteiger partial charge in [-0.2, -0.15) is 0 Å². The van der Waals surface area contributed by atoms with Gasteiger partial charge in [-0.05, 0) is 48.9 Å². The number of aliphatic hydroxyl groups excluding tert-OH is 2. The number of carbonyl (C=O) groups excluding carboxylic acids is 6. The number of hydrogen-bond acceptors (Lipinski definition) is 9. The summed E-state index contributed by atoms with van der Waals surface area (Å²) in [7, 11) is 0. The third-order valence-corrected chi connectivity index (χ3v) is 11.2. The van der Waals surface area contributed by atoms with Crippen LogP contribution < -0.4 is 32.3 Å². The number of carboxylic acids is 1. The Morgan fingerprint density at radius 2 is 1.08 bits per heavy atom. The first-order valence-corrected chi connectivity index (χ1v) is 22.8. The molecule has 0 aromatic heterocycles. The first kappa shape index (κ1) is 55.6. The van der Waals surface area contributed by atoms with Crippen molar-refractivity contribution in [3.8, 4) is 0 Å². The Labute approximate surface area is 380 Å². The number of primary amides is 1. The van der Waals surface area contributed by atoms with Crippen LogP contribution >= 0.6 is 0 Å². The summed E-state index contributed by atoms with van der Waals surface area (Å²) in [5.41, 5.74) is 6.15. The Morgan fingerprint density at radius 1 is 0.585 bits per heavy atom. The highest BCUT2D eigenvalue weighted by molar-refractivity contribution is 5.94. The fourth-order valence-corrected chi connectivity index (χ4v) is 7.10. The highest BCUT2D eigenvalue weighted by Crippen LogP contribution is 2.16. The number of nitrogens with two attached hydrogens (primary N) is 1. The molecule has 65 heavy (non-hydrogen) atoms. The summed E-state index contributed by atoms with van der Waals surface area (Å²) in [5, 5.41) is 42.0. The van der Waals surface area contributed by atoms with Gasteiger partial charge in [0.2, 0.25) is 35.4 Å². The smallest absolute Gasteiger partial charge is 0.326 e. The molecule has 0 bridgehead atoms. The fraction of sp³-hybridized carbons (Fsp3) is 0.596. The Hall–Kier alpha value is -5.49. The summed E-state index contributed by atoms with van der Waals surface area (Å²) in [6.45, 7) is 4.14. The Kier molecular flexibility index (Phi) is 26.2. The van der Waals surface area contributed by atoms with E-state index in [-0.39, 0.29) is 37.2 Å². The molecule has 0 saturated carbocycles. The summed E-state index contributed by atoms with van der Waals surface area (Å²) in [4.78, 5) is 88.3. The van der Waals surface area contributed by atoms with E-state index in [2.05, 4.69) is 26.6 Å². The number of aliphatic hydroxyl groups is 2. The van der Waals surface area contributed by atoms with E-state index in [0.29, 0.717) is 24.8 Å².